The van der Waals surface area contributed by atoms with Gasteiger partial charge < -0.3 is 10.2 Å². The molecule has 128 valence electrons. The molecule has 2 N–H and O–H groups in total. The highest BCUT2D eigenvalue weighted by Crippen LogP contribution is 2.31. The van der Waals surface area contributed by atoms with E-state index in [2.05, 4.69) is 39.8 Å². The van der Waals surface area contributed by atoms with Crippen LogP contribution in [0.4, 0.5) is 0 Å². The van der Waals surface area contributed by atoms with E-state index in [0.29, 0.717) is 12.0 Å². The number of rotatable bonds is 9. The molecule has 1 rings (SSSR count). The predicted octanol–water partition coefficient (Wildman–Crippen LogP) is 6.07. The molecule has 2 nitrogen and oxygen atoms in total. The van der Waals surface area contributed by atoms with Crippen LogP contribution in [-0.2, 0) is 12.8 Å². The minimum atomic E-state index is 0.216. The maximum atomic E-state index is 10.2. The van der Waals surface area contributed by atoms with Crippen molar-refractivity contribution >= 4 is 0 Å². The monoisotopic (exact) mass is 316 g/mol. The van der Waals surface area contributed by atoms with Gasteiger partial charge in [-0.05, 0) is 64.2 Å². The number of aromatic hydroxyl groups is 2. The van der Waals surface area contributed by atoms with Gasteiger partial charge in [-0.15, -0.1) is 0 Å². The zero-order chi connectivity index (χ0) is 17.2. The molecule has 0 fully saturated rings. The average molecular weight is 316 g/mol. The van der Waals surface area contributed by atoms with E-state index in [4.69, 9.17) is 0 Å². The zero-order valence-electron chi connectivity index (χ0n) is 15.2. The van der Waals surface area contributed by atoms with Crippen molar-refractivity contribution in [3.63, 3.8) is 0 Å². The highest BCUT2D eigenvalue weighted by Gasteiger charge is 2.10. The molecule has 23 heavy (non-hydrogen) atoms. The Bertz CT molecular complexity index is 526. The number of benzene rings is 1. The molecule has 0 bridgehead atoms. The number of allylic oxidation sites excluding steroid dienone is 4. The standard InChI is InChI=1S/C21H32O2/c1-5-6-7-12-18-14-20(22)19(21(23)15-18)13-17(4)11-9-8-10-16(2)3/h10-11,14-15,22-23H,5-9,12-13H2,1-4H3/b17-11-. The Morgan fingerprint density at radius 2 is 1.57 bits per heavy atom. The summed E-state index contributed by atoms with van der Waals surface area (Å²) < 4.78 is 0. The van der Waals surface area contributed by atoms with Crippen LogP contribution in [0.15, 0.2) is 35.4 Å². The van der Waals surface area contributed by atoms with Crippen molar-refractivity contribution in [2.24, 2.45) is 0 Å². The molecule has 1 aromatic carbocycles. The topological polar surface area (TPSA) is 40.5 Å². The maximum Gasteiger partial charge on any atom is 0.123 e. The maximum absolute atomic E-state index is 10.2. The van der Waals surface area contributed by atoms with Crippen molar-refractivity contribution in [1.82, 2.24) is 0 Å². The summed E-state index contributed by atoms with van der Waals surface area (Å²) in [5.74, 6) is 0.432. The number of hydrogen-bond donors (Lipinski definition) is 2. The quantitative estimate of drug-likeness (QED) is 0.429. The van der Waals surface area contributed by atoms with E-state index in [9.17, 15) is 10.2 Å². The third-order valence-corrected chi connectivity index (χ3v) is 4.00. The first kappa shape index (κ1) is 19.3. The van der Waals surface area contributed by atoms with Gasteiger partial charge in [-0.3, -0.25) is 0 Å². The lowest BCUT2D eigenvalue weighted by atomic mass is 9.99. The number of phenolic OH excluding ortho intramolecular Hbond substituents is 2. The Kier molecular flexibility index (Phi) is 8.53. The van der Waals surface area contributed by atoms with Crippen LogP contribution in [-0.4, -0.2) is 10.2 Å². The van der Waals surface area contributed by atoms with Crippen LogP contribution >= 0.6 is 0 Å². The van der Waals surface area contributed by atoms with Crippen LogP contribution in [0.3, 0.4) is 0 Å². The van der Waals surface area contributed by atoms with E-state index >= 15 is 0 Å². The van der Waals surface area contributed by atoms with Gasteiger partial charge in [0.2, 0.25) is 0 Å². The third-order valence-electron chi connectivity index (χ3n) is 4.00. The number of unbranched alkanes of at least 4 members (excludes halogenated alkanes) is 3. The second kappa shape index (κ2) is 10.1. The molecular weight excluding hydrogens is 284 g/mol. The van der Waals surface area contributed by atoms with Gasteiger partial charge in [-0.1, -0.05) is 43.1 Å². The van der Waals surface area contributed by atoms with Crippen molar-refractivity contribution in [2.75, 3.05) is 0 Å². The number of phenols is 2. The largest absolute Gasteiger partial charge is 0.508 e. The van der Waals surface area contributed by atoms with Crippen molar-refractivity contribution < 1.29 is 10.2 Å². The number of aryl methyl sites for hydroxylation is 1. The van der Waals surface area contributed by atoms with E-state index < -0.39 is 0 Å². The van der Waals surface area contributed by atoms with E-state index in [1.165, 1.54) is 24.0 Å². The summed E-state index contributed by atoms with van der Waals surface area (Å²) in [5.41, 5.74) is 4.17. The van der Waals surface area contributed by atoms with Crippen LogP contribution < -0.4 is 0 Å². The zero-order valence-corrected chi connectivity index (χ0v) is 15.2. The Morgan fingerprint density at radius 1 is 0.957 bits per heavy atom. The fraction of sp³-hybridized carbons (Fsp3) is 0.524. The van der Waals surface area contributed by atoms with E-state index in [-0.39, 0.29) is 11.5 Å². The van der Waals surface area contributed by atoms with Crippen LogP contribution in [0.1, 0.15) is 70.9 Å². The number of hydrogen-bond acceptors (Lipinski definition) is 2. The Hall–Kier alpha value is -1.70. The second-order valence-electron chi connectivity index (χ2n) is 6.66. The first-order valence-electron chi connectivity index (χ1n) is 8.76. The molecule has 0 radical (unpaired) electrons. The highest BCUT2D eigenvalue weighted by atomic mass is 16.3. The summed E-state index contributed by atoms with van der Waals surface area (Å²) in [6.07, 6.45) is 11.4. The molecule has 1 aromatic rings. The molecule has 0 saturated heterocycles. The molecule has 0 aliphatic heterocycles. The molecule has 0 aliphatic rings. The van der Waals surface area contributed by atoms with Gasteiger partial charge in [0.25, 0.3) is 0 Å². The Balaban J connectivity index is 2.69. The summed E-state index contributed by atoms with van der Waals surface area (Å²) >= 11 is 0. The molecule has 0 aromatic heterocycles. The first-order valence-corrected chi connectivity index (χ1v) is 8.76. The van der Waals surface area contributed by atoms with Gasteiger partial charge >= 0.3 is 0 Å². The Morgan fingerprint density at radius 3 is 2.13 bits per heavy atom. The lowest BCUT2D eigenvalue weighted by molar-refractivity contribution is 0.438. The Labute approximate surface area is 141 Å². The second-order valence-corrected chi connectivity index (χ2v) is 6.66. The molecule has 2 heteroatoms. The van der Waals surface area contributed by atoms with Crippen molar-refractivity contribution in [3.05, 3.63) is 46.6 Å². The molecular formula is C21H32O2. The molecule has 0 aliphatic carbocycles. The summed E-state index contributed by atoms with van der Waals surface area (Å²) in [5, 5.41) is 20.5. The minimum absolute atomic E-state index is 0.216. The summed E-state index contributed by atoms with van der Waals surface area (Å²) in [6, 6.07) is 3.61. The molecule has 0 spiro atoms. The van der Waals surface area contributed by atoms with Crippen molar-refractivity contribution in [1.29, 1.82) is 0 Å². The van der Waals surface area contributed by atoms with Crippen LogP contribution in [0, 0.1) is 0 Å². The van der Waals surface area contributed by atoms with Crippen LogP contribution in [0.5, 0.6) is 11.5 Å². The summed E-state index contributed by atoms with van der Waals surface area (Å²) in [4.78, 5) is 0. The van der Waals surface area contributed by atoms with Gasteiger partial charge in [-0.2, -0.15) is 0 Å². The molecule has 0 heterocycles. The molecule has 0 saturated carbocycles. The van der Waals surface area contributed by atoms with Gasteiger partial charge in [0.1, 0.15) is 11.5 Å². The lowest BCUT2D eigenvalue weighted by Gasteiger charge is -2.11. The van der Waals surface area contributed by atoms with E-state index in [1.54, 1.807) is 12.1 Å². The lowest BCUT2D eigenvalue weighted by Crippen LogP contribution is -1.93. The normalized spacial score (nSPS) is 11.6. The van der Waals surface area contributed by atoms with Gasteiger partial charge in [0.05, 0.1) is 0 Å². The average Bonchev–Trinajstić information content (AvgIpc) is 2.47. The summed E-state index contributed by atoms with van der Waals surface area (Å²) in [6.45, 7) is 8.44. The van der Waals surface area contributed by atoms with E-state index in [0.717, 1.165) is 31.2 Å². The molecule has 0 unspecified atom stereocenters. The van der Waals surface area contributed by atoms with Crippen LogP contribution in [0.2, 0.25) is 0 Å². The van der Waals surface area contributed by atoms with Gasteiger partial charge in [-0.25, -0.2) is 0 Å². The smallest absolute Gasteiger partial charge is 0.123 e. The third kappa shape index (κ3) is 7.40. The van der Waals surface area contributed by atoms with Gasteiger partial charge in [0.15, 0.2) is 0 Å². The highest BCUT2D eigenvalue weighted by molar-refractivity contribution is 5.48. The SMILES string of the molecule is CCCCCc1cc(O)c(C/C(C)=C\CCC=C(C)C)c(O)c1. The molecule has 0 atom stereocenters. The predicted molar refractivity (Wildman–Crippen MR) is 99.1 cm³/mol. The fourth-order valence-electron chi connectivity index (χ4n) is 2.66. The minimum Gasteiger partial charge on any atom is -0.508 e. The van der Waals surface area contributed by atoms with Crippen LogP contribution in [0.25, 0.3) is 0 Å². The van der Waals surface area contributed by atoms with Gasteiger partial charge in [0, 0.05) is 12.0 Å². The van der Waals surface area contributed by atoms with E-state index in [1.807, 2.05) is 0 Å². The molecule has 0 amide bonds. The summed E-state index contributed by atoms with van der Waals surface area (Å²) in [7, 11) is 0. The fourth-order valence-corrected chi connectivity index (χ4v) is 2.66. The van der Waals surface area contributed by atoms with Crippen molar-refractivity contribution in [2.45, 2.75) is 72.6 Å². The van der Waals surface area contributed by atoms with Crippen molar-refractivity contribution in [3.8, 4) is 11.5 Å². The first-order chi connectivity index (χ1) is 10.9.